The van der Waals surface area contributed by atoms with Crippen LogP contribution in [0, 0.1) is 0 Å². The van der Waals surface area contributed by atoms with Crippen molar-refractivity contribution >= 4 is 38.4 Å². The maximum absolute atomic E-state index is 12.6. The zero-order valence-corrected chi connectivity index (χ0v) is 15.4. The second kappa shape index (κ2) is 6.35. The lowest BCUT2D eigenvalue weighted by Crippen LogP contribution is -2.36. The summed E-state index contributed by atoms with van der Waals surface area (Å²) >= 11 is 1.42. The molecule has 1 aliphatic rings. The van der Waals surface area contributed by atoms with Crippen molar-refractivity contribution in [3.8, 4) is 0 Å². The molecule has 4 aromatic rings. The number of aromatic nitrogens is 3. The highest BCUT2D eigenvalue weighted by Crippen LogP contribution is 2.34. The molecule has 0 saturated carbocycles. The number of para-hydroxylation sites is 1. The molecule has 0 fully saturated rings. The second-order valence-corrected chi connectivity index (χ2v) is 7.79. The number of carbonyl (C=O) groups is 1. The van der Waals surface area contributed by atoms with Gasteiger partial charge in [-0.05, 0) is 42.3 Å². The molecule has 2 N–H and O–H groups in total. The zero-order valence-electron chi connectivity index (χ0n) is 14.6. The van der Waals surface area contributed by atoms with Gasteiger partial charge in [0.15, 0.2) is 0 Å². The molecule has 0 unspecified atom stereocenters. The summed E-state index contributed by atoms with van der Waals surface area (Å²) in [5.41, 5.74) is 3.31. The average Bonchev–Trinajstić information content (AvgIpc) is 3.29. The zero-order chi connectivity index (χ0) is 18.4. The van der Waals surface area contributed by atoms with Gasteiger partial charge in [0, 0.05) is 16.6 Å². The van der Waals surface area contributed by atoms with E-state index in [0.717, 1.165) is 30.5 Å². The molecule has 0 spiro atoms. The average molecular weight is 378 g/mol. The molecule has 3 heterocycles. The van der Waals surface area contributed by atoms with Crippen LogP contribution in [0.1, 0.15) is 30.1 Å². The number of fused-ring (bicyclic) bond motifs is 4. The van der Waals surface area contributed by atoms with Crippen molar-refractivity contribution in [2.45, 2.75) is 31.8 Å². The Balaban J connectivity index is 1.40. The number of aromatic amines is 1. The normalized spacial score (nSPS) is 16.5. The largest absolute Gasteiger partial charge is 0.356 e. The number of nitrogens with one attached hydrogen (secondary N) is 2. The SMILES string of the molecule is O=C(Cn1cnc2sccc2c1=O)N[C@@H]1CCCc2c1[nH]c1ccccc21. The molecule has 27 heavy (non-hydrogen) atoms. The number of amides is 1. The van der Waals surface area contributed by atoms with Crippen molar-refractivity contribution in [3.63, 3.8) is 0 Å². The molecule has 0 saturated heterocycles. The Morgan fingerprint density at radius 2 is 2.19 bits per heavy atom. The van der Waals surface area contributed by atoms with Crippen molar-refractivity contribution in [2.24, 2.45) is 0 Å². The Hall–Kier alpha value is -2.93. The summed E-state index contributed by atoms with van der Waals surface area (Å²) in [5, 5.41) is 6.73. The molecule has 0 aliphatic heterocycles. The van der Waals surface area contributed by atoms with Gasteiger partial charge in [0.05, 0.1) is 17.8 Å². The van der Waals surface area contributed by atoms with E-state index in [4.69, 9.17) is 0 Å². The summed E-state index contributed by atoms with van der Waals surface area (Å²) < 4.78 is 1.37. The van der Waals surface area contributed by atoms with Crippen LogP contribution in [-0.2, 0) is 17.8 Å². The molecule has 1 amide bonds. The quantitative estimate of drug-likeness (QED) is 0.575. The summed E-state index contributed by atoms with van der Waals surface area (Å²) in [4.78, 5) is 33.5. The van der Waals surface area contributed by atoms with Crippen LogP contribution >= 0.6 is 11.3 Å². The third-order valence-corrected chi connectivity index (χ3v) is 6.04. The lowest BCUT2D eigenvalue weighted by atomic mass is 9.91. The standard InChI is InChI=1S/C20H18N4O2S/c25-17(10-24-11-21-19-14(20(24)26)8-9-27-19)22-16-7-3-5-13-12-4-1-2-6-15(12)23-18(13)16/h1-2,4,6,8-9,11,16,23H,3,5,7,10H2,(H,22,25)/t16-/m1/s1. The fourth-order valence-electron chi connectivity index (χ4n) is 3.96. The summed E-state index contributed by atoms with van der Waals surface area (Å²) in [7, 11) is 0. The molecule has 0 bridgehead atoms. The molecule has 1 aromatic carbocycles. The van der Waals surface area contributed by atoms with Crippen LogP contribution in [0.4, 0.5) is 0 Å². The van der Waals surface area contributed by atoms with Crippen molar-refractivity contribution in [1.82, 2.24) is 19.9 Å². The Labute approximate surface area is 158 Å². The van der Waals surface area contributed by atoms with Crippen molar-refractivity contribution in [3.05, 3.63) is 63.7 Å². The highest BCUT2D eigenvalue weighted by atomic mass is 32.1. The highest BCUT2D eigenvalue weighted by Gasteiger charge is 2.25. The third kappa shape index (κ3) is 2.75. The van der Waals surface area contributed by atoms with Gasteiger partial charge in [0.2, 0.25) is 5.91 Å². The van der Waals surface area contributed by atoms with E-state index in [1.165, 1.54) is 33.2 Å². The van der Waals surface area contributed by atoms with Gasteiger partial charge in [0.25, 0.3) is 5.56 Å². The summed E-state index contributed by atoms with van der Waals surface area (Å²) in [6.07, 6.45) is 4.39. The predicted molar refractivity (Wildman–Crippen MR) is 106 cm³/mol. The van der Waals surface area contributed by atoms with Crippen LogP contribution in [-0.4, -0.2) is 20.4 Å². The first kappa shape index (κ1) is 16.3. The first-order valence-electron chi connectivity index (χ1n) is 9.02. The molecule has 3 aromatic heterocycles. The summed E-state index contributed by atoms with van der Waals surface area (Å²) in [6, 6.07) is 9.93. The molecule has 136 valence electrons. The Bertz CT molecular complexity index is 1220. The minimum absolute atomic E-state index is 0.0241. The number of aryl methyl sites for hydroxylation is 1. The first-order chi connectivity index (χ1) is 13.2. The van der Waals surface area contributed by atoms with Crippen molar-refractivity contribution in [2.75, 3.05) is 0 Å². The van der Waals surface area contributed by atoms with Crippen molar-refractivity contribution < 1.29 is 4.79 Å². The monoisotopic (exact) mass is 378 g/mol. The van der Waals surface area contributed by atoms with Gasteiger partial charge < -0.3 is 10.3 Å². The fourth-order valence-corrected chi connectivity index (χ4v) is 4.68. The third-order valence-electron chi connectivity index (χ3n) is 5.21. The van der Waals surface area contributed by atoms with Crippen LogP contribution < -0.4 is 10.9 Å². The number of thiophene rings is 1. The van der Waals surface area contributed by atoms with Gasteiger partial charge in [-0.3, -0.25) is 14.2 Å². The van der Waals surface area contributed by atoms with E-state index in [1.54, 1.807) is 6.07 Å². The Morgan fingerprint density at radius 3 is 3.11 bits per heavy atom. The number of hydrogen-bond donors (Lipinski definition) is 2. The van der Waals surface area contributed by atoms with Gasteiger partial charge in [-0.1, -0.05) is 18.2 Å². The molecular formula is C20H18N4O2S. The predicted octanol–water partition coefficient (Wildman–Crippen LogP) is 3.13. The molecule has 0 radical (unpaired) electrons. The van der Waals surface area contributed by atoms with E-state index >= 15 is 0 Å². The van der Waals surface area contributed by atoms with Crippen molar-refractivity contribution in [1.29, 1.82) is 0 Å². The first-order valence-corrected chi connectivity index (χ1v) is 9.90. The number of benzene rings is 1. The number of rotatable bonds is 3. The smallest absolute Gasteiger partial charge is 0.262 e. The van der Waals surface area contributed by atoms with E-state index in [-0.39, 0.29) is 24.1 Å². The summed E-state index contributed by atoms with van der Waals surface area (Å²) in [5.74, 6) is -0.176. The maximum atomic E-state index is 12.6. The molecule has 1 aliphatic carbocycles. The van der Waals surface area contributed by atoms with E-state index < -0.39 is 0 Å². The van der Waals surface area contributed by atoms with Crippen LogP contribution in [0.3, 0.4) is 0 Å². The minimum atomic E-state index is -0.176. The van der Waals surface area contributed by atoms with Gasteiger partial charge in [-0.2, -0.15) is 0 Å². The Kier molecular flexibility index (Phi) is 3.82. The van der Waals surface area contributed by atoms with Gasteiger partial charge in [0.1, 0.15) is 11.4 Å². The van der Waals surface area contributed by atoms with Crippen LogP contribution in [0.15, 0.2) is 46.8 Å². The number of carbonyl (C=O) groups excluding carboxylic acids is 1. The molecular weight excluding hydrogens is 360 g/mol. The van der Waals surface area contributed by atoms with Crippen LogP contribution in [0.25, 0.3) is 21.1 Å². The lowest BCUT2D eigenvalue weighted by molar-refractivity contribution is -0.122. The highest BCUT2D eigenvalue weighted by molar-refractivity contribution is 7.16. The lowest BCUT2D eigenvalue weighted by Gasteiger charge is -2.24. The number of hydrogen-bond acceptors (Lipinski definition) is 4. The van der Waals surface area contributed by atoms with Crippen LogP contribution in [0.5, 0.6) is 0 Å². The number of nitrogens with zero attached hydrogens (tertiary/aromatic N) is 2. The topological polar surface area (TPSA) is 79.8 Å². The summed E-state index contributed by atoms with van der Waals surface area (Å²) in [6.45, 7) is -0.0241. The van der Waals surface area contributed by atoms with E-state index in [1.807, 2.05) is 17.5 Å². The van der Waals surface area contributed by atoms with E-state index in [0.29, 0.717) is 10.2 Å². The molecule has 5 rings (SSSR count). The van der Waals surface area contributed by atoms with Gasteiger partial charge in [-0.15, -0.1) is 11.3 Å². The molecule has 1 atom stereocenters. The van der Waals surface area contributed by atoms with Gasteiger partial charge in [-0.25, -0.2) is 4.98 Å². The maximum Gasteiger partial charge on any atom is 0.262 e. The van der Waals surface area contributed by atoms with E-state index in [2.05, 4.69) is 27.4 Å². The fraction of sp³-hybridized carbons (Fsp3) is 0.250. The molecule has 7 heteroatoms. The Morgan fingerprint density at radius 1 is 1.30 bits per heavy atom. The molecule has 6 nitrogen and oxygen atoms in total. The second-order valence-electron chi connectivity index (χ2n) is 6.89. The van der Waals surface area contributed by atoms with E-state index in [9.17, 15) is 9.59 Å². The minimum Gasteiger partial charge on any atom is -0.356 e. The number of H-pyrrole nitrogens is 1. The van der Waals surface area contributed by atoms with Gasteiger partial charge >= 0.3 is 0 Å². The van der Waals surface area contributed by atoms with Crippen LogP contribution in [0.2, 0.25) is 0 Å².